The van der Waals surface area contributed by atoms with Gasteiger partial charge in [-0.1, -0.05) is 17.3 Å². The summed E-state index contributed by atoms with van der Waals surface area (Å²) in [7, 11) is 1.52. The fraction of sp³-hybridized carbons (Fsp3) is 0.208. The molecule has 0 spiro atoms. The van der Waals surface area contributed by atoms with Crippen LogP contribution in [0.4, 0.5) is 5.69 Å². The molecule has 0 atom stereocenters. The van der Waals surface area contributed by atoms with Gasteiger partial charge in [-0.25, -0.2) is 9.48 Å². The highest BCUT2D eigenvalue weighted by Gasteiger charge is 2.15. The molecular formula is C24H23N5O5. The van der Waals surface area contributed by atoms with Gasteiger partial charge in [-0.3, -0.25) is 4.79 Å². The number of ether oxygens (including phenoxy) is 2. The normalized spacial score (nSPS) is 10.7. The van der Waals surface area contributed by atoms with Gasteiger partial charge in [0.2, 0.25) is 5.91 Å². The van der Waals surface area contributed by atoms with E-state index in [0.717, 1.165) is 17.1 Å². The summed E-state index contributed by atoms with van der Waals surface area (Å²) in [4.78, 5) is 28.8. The number of esters is 1. The third-order valence-electron chi connectivity index (χ3n) is 4.89. The molecule has 1 N–H and O–H groups in total. The zero-order valence-corrected chi connectivity index (χ0v) is 18.9. The van der Waals surface area contributed by atoms with Crippen LogP contribution < -0.4 is 10.1 Å². The first kappa shape index (κ1) is 22.7. The molecule has 10 heteroatoms. The number of anilines is 1. The third kappa shape index (κ3) is 5.29. The van der Waals surface area contributed by atoms with E-state index >= 15 is 0 Å². The van der Waals surface area contributed by atoms with Crippen molar-refractivity contribution in [1.29, 1.82) is 0 Å². The number of hydrogen-bond acceptors (Lipinski definition) is 8. The number of carbonyl (C=O) groups is 2. The number of nitrogens with zero attached hydrogens (tertiary/aromatic N) is 4. The van der Waals surface area contributed by atoms with Crippen LogP contribution in [-0.4, -0.2) is 38.9 Å². The quantitative estimate of drug-likeness (QED) is 0.396. The van der Waals surface area contributed by atoms with Crippen LogP contribution in [0.3, 0.4) is 0 Å². The second-order valence-corrected chi connectivity index (χ2v) is 7.49. The first-order valence-corrected chi connectivity index (χ1v) is 10.5. The molecule has 2 heterocycles. The summed E-state index contributed by atoms with van der Waals surface area (Å²) in [5.41, 5.74) is 3.67. The average molecular weight is 461 g/mol. The Morgan fingerprint density at radius 3 is 2.56 bits per heavy atom. The first-order valence-electron chi connectivity index (χ1n) is 10.5. The predicted molar refractivity (Wildman–Crippen MR) is 122 cm³/mol. The van der Waals surface area contributed by atoms with E-state index in [1.807, 2.05) is 19.9 Å². The van der Waals surface area contributed by atoms with E-state index in [9.17, 15) is 9.59 Å². The average Bonchev–Trinajstić information content (AvgIpc) is 3.42. The van der Waals surface area contributed by atoms with Crippen molar-refractivity contribution in [1.82, 2.24) is 19.9 Å². The number of aryl methyl sites for hydroxylation is 2. The van der Waals surface area contributed by atoms with E-state index in [-0.39, 0.29) is 30.7 Å². The second kappa shape index (κ2) is 9.99. The van der Waals surface area contributed by atoms with Crippen molar-refractivity contribution in [2.45, 2.75) is 26.9 Å². The zero-order valence-electron chi connectivity index (χ0n) is 18.9. The lowest BCUT2D eigenvalue weighted by molar-refractivity contribution is -0.115. The summed E-state index contributed by atoms with van der Waals surface area (Å²) >= 11 is 0. The number of amides is 1. The number of methoxy groups -OCH3 is 1. The van der Waals surface area contributed by atoms with Crippen molar-refractivity contribution in [3.63, 3.8) is 0 Å². The molecule has 0 aliphatic carbocycles. The topological polar surface area (TPSA) is 121 Å². The lowest BCUT2D eigenvalue weighted by Crippen LogP contribution is -2.15. The van der Waals surface area contributed by atoms with Gasteiger partial charge in [0, 0.05) is 5.69 Å². The second-order valence-electron chi connectivity index (χ2n) is 7.49. The number of carbonyl (C=O) groups excluding carboxylic acids is 2. The molecular weight excluding hydrogens is 438 g/mol. The zero-order chi connectivity index (χ0) is 24.1. The minimum atomic E-state index is -0.534. The Balaban J connectivity index is 1.30. The fourth-order valence-electron chi connectivity index (χ4n) is 3.35. The van der Waals surface area contributed by atoms with Gasteiger partial charge in [-0.05, 0) is 56.3 Å². The van der Waals surface area contributed by atoms with Crippen molar-refractivity contribution in [3.05, 3.63) is 83.3 Å². The minimum Gasteiger partial charge on any atom is -0.495 e. The van der Waals surface area contributed by atoms with Gasteiger partial charge < -0.3 is 19.3 Å². The summed E-state index contributed by atoms with van der Waals surface area (Å²) in [6.45, 7) is 3.67. The third-order valence-corrected chi connectivity index (χ3v) is 4.89. The van der Waals surface area contributed by atoms with Crippen LogP contribution in [0, 0.1) is 13.8 Å². The van der Waals surface area contributed by atoms with Crippen molar-refractivity contribution in [2.24, 2.45) is 0 Å². The number of hydrogen-bond donors (Lipinski definition) is 1. The van der Waals surface area contributed by atoms with Gasteiger partial charge in [0.25, 0.3) is 5.89 Å². The highest BCUT2D eigenvalue weighted by atomic mass is 16.6. The molecule has 0 saturated heterocycles. The maximum absolute atomic E-state index is 12.4. The smallest absolute Gasteiger partial charge is 0.338 e. The molecule has 174 valence electrons. The predicted octanol–water partition coefficient (Wildman–Crippen LogP) is 3.42. The molecule has 4 aromatic rings. The van der Waals surface area contributed by atoms with E-state index in [0.29, 0.717) is 17.0 Å². The van der Waals surface area contributed by atoms with Crippen molar-refractivity contribution in [3.8, 4) is 11.4 Å². The number of nitrogens with one attached hydrogen (secondary N) is 1. The molecule has 0 unspecified atom stereocenters. The maximum Gasteiger partial charge on any atom is 0.338 e. The molecule has 1 amide bonds. The molecule has 0 aliphatic rings. The van der Waals surface area contributed by atoms with Gasteiger partial charge in [-0.15, -0.1) is 0 Å². The molecule has 0 radical (unpaired) electrons. The highest BCUT2D eigenvalue weighted by molar-refractivity contribution is 5.93. The molecule has 0 aliphatic heterocycles. The van der Waals surface area contributed by atoms with E-state index in [2.05, 4.69) is 20.6 Å². The van der Waals surface area contributed by atoms with Gasteiger partial charge in [0.05, 0.1) is 36.2 Å². The lowest BCUT2D eigenvalue weighted by atomic mass is 10.2. The first-order chi connectivity index (χ1) is 16.4. The Kier molecular flexibility index (Phi) is 6.67. The van der Waals surface area contributed by atoms with Gasteiger partial charge in [0.1, 0.15) is 5.75 Å². The van der Waals surface area contributed by atoms with E-state index < -0.39 is 5.97 Å². The van der Waals surface area contributed by atoms with Crippen LogP contribution in [0.5, 0.6) is 5.75 Å². The Bertz CT molecular complexity index is 1310. The summed E-state index contributed by atoms with van der Waals surface area (Å²) < 4.78 is 17.4. The van der Waals surface area contributed by atoms with Gasteiger partial charge in [0.15, 0.2) is 12.4 Å². The van der Waals surface area contributed by atoms with E-state index in [4.69, 9.17) is 14.0 Å². The molecule has 4 rings (SSSR count). The molecule has 34 heavy (non-hydrogen) atoms. The lowest BCUT2D eigenvalue weighted by Gasteiger charge is -2.08. The highest BCUT2D eigenvalue weighted by Crippen LogP contribution is 2.23. The monoisotopic (exact) mass is 461 g/mol. The van der Waals surface area contributed by atoms with Crippen molar-refractivity contribution >= 4 is 17.6 Å². The minimum absolute atomic E-state index is 0.0905. The summed E-state index contributed by atoms with van der Waals surface area (Å²) in [6.07, 6.45) is -0.108. The van der Waals surface area contributed by atoms with Crippen molar-refractivity contribution in [2.75, 3.05) is 12.4 Å². The Hall–Kier alpha value is -4.47. The van der Waals surface area contributed by atoms with Gasteiger partial charge in [-0.2, -0.15) is 10.1 Å². The number of benzene rings is 2. The number of rotatable bonds is 8. The van der Waals surface area contributed by atoms with Crippen LogP contribution in [-0.2, 0) is 22.6 Å². The fourth-order valence-corrected chi connectivity index (χ4v) is 3.35. The number of para-hydroxylation sites is 2. The Morgan fingerprint density at radius 2 is 1.85 bits per heavy atom. The molecule has 2 aromatic heterocycles. The summed E-state index contributed by atoms with van der Waals surface area (Å²) in [5.74, 6) is -0.0648. The van der Waals surface area contributed by atoms with Crippen LogP contribution in [0.1, 0.15) is 33.5 Å². The van der Waals surface area contributed by atoms with E-state index in [1.165, 1.54) is 7.11 Å². The Morgan fingerprint density at radius 1 is 1.09 bits per heavy atom. The van der Waals surface area contributed by atoms with Crippen molar-refractivity contribution < 1.29 is 23.6 Å². The maximum atomic E-state index is 12.4. The largest absolute Gasteiger partial charge is 0.495 e. The van der Waals surface area contributed by atoms with Crippen LogP contribution in [0.15, 0.2) is 59.1 Å². The van der Waals surface area contributed by atoms with Gasteiger partial charge >= 0.3 is 5.97 Å². The van der Waals surface area contributed by atoms with E-state index in [1.54, 1.807) is 53.2 Å². The van der Waals surface area contributed by atoms with Crippen LogP contribution in [0.25, 0.3) is 5.69 Å². The SMILES string of the molecule is COc1ccccc1NC(=O)Cc1noc(COC(=O)c2ccc(-n3nc(C)cc3C)cc2)n1. The Labute approximate surface area is 195 Å². The molecule has 0 fully saturated rings. The van der Waals surface area contributed by atoms with Crippen LogP contribution >= 0.6 is 0 Å². The molecule has 0 bridgehead atoms. The summed E-state index contributed by atoms with van der Waals surface area (Å²) in [6, 6.07) is 15.9. The molecule has 0 saturated carbocycles. The molecule has 2 aromatic carbocycles. The van der Waals surface area contributed by atoms with Crippen LogP contribution in [0.2, 0.25) is 0 Å². The standard InChI is InChI=1S/C24H23N5O5/c1-15-12-16(2)29(27-15)18-10-8-17(9-11-18)24(31)33-14-23-26-21(28-34-23)13-22(30)25-19-6-4-5-7-20(19)32-3/h4-12H,13-14H2,1-3H3,(H,25,30). The number of aromatic nitrogens is 4. The summed E-state index contributed by atoms with van der Waals surface area (Å²) in [5, 5.41) is 10.9. The molecule has 10 nitrogen and oxygen atoms in total.